The van der Waals surface area contributed by atoms with Gasteiger partial charge < -0.3 is 11.1 Å². The molecule has 3 heteroatoms. The largest absolute Gasteiger partial charge is 0.349 e. The van der Waals surface area contributed by atoms with Crippen molar-refractivity contribution in [2.24, 2.45) is 11.7 Å². The Morgan fingerprint density at radius 2 is 2.00 bits per heavy atom. The SMILES string of the molecule is Cc1ccccc1C(NC(=O)CCN)C(C)C. The Balaban J connectivity index is 2.87. The van der Waals surface area contributed by atoms with E-state index in [0.29, 0.717) is 18.9 Å². The van der Waals surface area contributed by atoms with Gasteiger partial charge in [-0.05, 0) is 24.0 Å². The number of rotatable bonds is 5. The molecule has 94 valence electrons. The smallest absolute Gasteiger partial charge is 0.221 e. The van der Waals surface area contributed by atoms with E-state index in [1.807, 2.05) is 12.1 Å². The number of nitrogens with two attached hydrogens (primary N) is 1. The minimum atomic E-state index is 0.0226. The summed E-state index contributed by atoms with van der Waals surface area (Å²) in [5.41, 5.74) is 7.78. The van der Waals surface area contributed by atoms with E-state index in [9.17, 15) is 4.79 Å². The van der Waals surface area contributed by atoms with E-state index in [1.165, 1.54) is 11.1 Å². The van der Waals surface area contributed by atoms with Gasteiger partial charge in [-0.3, -0.25) is 4.79 Å². The standard InChI is InChI=1S/C14H22N2O/c1-10(2)14(16-13(17)8-9-15)12-7-5-4-6-11(12)3/h4-7,10,14H,8-9,15H2,1-3H3,(H,16,17). The Labute approximate surface area is 103 Å². The fraction of sp³-hybridized carbons (Fsp3) is 0.500. The fourth-order valence-electron chi connectivity index (χ4n) is 1.92. The molecule has 0 radical (unpaired) electrons. The molecule has 1 amide bonds. The van der Waals surface area contributed by atoms with E-state index in [2.05, 4.69) is 38.2 Å². The number of amides is 1. The highest BCUT2D eigenvalue weighted by molar-refractivity contribution is 5.76. The molecule has 0 saturated heterocycles. The summed E-state index contributed by atoms with van der Waals surface area (Å²) in [7, 11) is 0. The third kappa shape index (κ3) is 3.86. The Morgan fingerprint density at radius 3 is 2.53 bits per heavy atom. The van der Waals surface area contributed by atoms with Gasteiger partial charge in [0.25, 0.3) is 0 Å². The quantitative estimate of drug-likeness (QED) is 0.820. The zero-order valence-electron chi connectivity index (χ0n) is 10.9. The van der Waals surface area contributed by atoms with Crippen molar-refractivity contribution < 1.29 is 4.79 Å². The second-order valence-corrected chi connectivity index (χ2v) is 4.68. The van der Waals surface area contributed by atoms with Crippen molar-refractivity contribution in [2.45, 2.75) is 33.2 Å². The second-order valence-electron chi connectivity index (χ2n) is 4.68. The monoisotopic (exact) mass is 234 g/mol. The number of aryl methyl sites for hydroxylation is 1. The molecule has 0 aliphatic rings. The molecule has 1 unspecified atom stereocenters. The molecule has 3 N–H and O–H groups in total. The van der Waals surface area contributed by atoms with Crippen LogP contribution >= 0.6 is 0 Å². The van der Waals surface area contributed by atoms with Gasteiger partial charge in [0.05, 0.1) is 6.04 Å². The van der Waals surface area contributed by atoms with E-state index < -0.39 is 0 Å². The van der Waals surface area contributed by atoms with Gasteiger partial charge in [-0.2, -0.15) is 0 Å². The summed E-state index contributed by atoms with van der Waals surface area (Å²) in [6.07, 6.45) is 0.384. The Morgan fingerprint density at radius 1 is 1.35 bits per heavy atom. The Hall–Kier alpha value is -1.35. The minimum absolute atomic E-state index is 0.0226. The zero-order chi connectivity index (χ0) is 12.8. The maximum Gasteiger partial charge on any atom is 0.221 e. The summed E-state index contributed by atoms with van der Waals surface area (Å²) >= 11 is 0. The molecule has 1 aromatic rings. The number of nitrogens with one attached hydrogen (secondary N) is 1. The second kappa shape index (κ2) is 6.40. The van der Waals surface area contributed by atoms with Crippen LogP contribution in [0.3, 0.4) is 0 Å². The van der Waals surface area contributed by atoms with Crippen LogP contribution in [0.25, 0.3) is 0 Å². The lowest BCUT2D eigenvalue weighted by molar-refractivity contribution is -0.122. The van der Waals surface area contributed by atoms with Gasteiger partial charge >= 0.3 is 0 Å². The lowest BCUT2D eigenvalue weighted by Gasteiger charge is -2.24. The summed E-state index contributed by atoms with van der Waals surface area (Å²) in [6, 6.07) is 8.23. The maximum atomic E-state index is 11.7. The molecule has 0 aromatic heterocycles. The van der Waals surface area contributed by atoms with Gasteiger partial charge in [-0.15, -0.1) is 0 Å². The van der Waals surface area contributed by atoms with Gasteiger partial charge in [-0.25, -0.2) is 0 Å². The zero-order valence-corrected chi connectivity index (χ0v) is 10.9. The average molecular weight is 234 g/mol. The van der Waals surface area contributed by atoms with Gasteiger partial charge in [0.2, 0.25) is 5.91 Å². The van der Waals surface area contributed by atoms with Crippen LogP contribution in [0.1, 0.15) is 37.4 Å². The number of carbonyl (C=O) groups is 1. The molecular weight excluding hydrogens is 212 g/mol. The van der Waals surface area contributed by atoms with Crippen molar-refractivity contribution in [1.29, 1.82) is 0 Å². The van der Waals surface area contributed by atoms with Crippen molar-refractivity contribution in [2.75, 3.05) is 6.54 Å². The molecule has 1 atom stereocenters. The molecule has 3 nitrogen and oxygen atoms in total. The highest BCUT2D eigenvalue weighted by Gasteiger charge is 2.19. The van der Waals surface area contributed by atoms with Crippen LogP contribution in [0.15, 0.2) is 24.3 Å². The molecule has 1 rings (SSSR count). The summed E-state index contributed by atoms with van der Waals surface area (Å²) in [4.78, 5) is 11.7. The normalized spacial score (nSPS) is 12.5. The lowest BCUT2D eigenvalue weighted by Crippen LogP contribution is -2.33. The highest BCUT2D eigenvalue weighted by Crippen LogP contribution is 2.24. The van der Waals surface area contributed by atoms with Crippen LogP contribution in [-0.2, 0) is 4.79 Å². The average Bonchev–Trinajstić information content (AvgIpc) is 2.27. The van der Waals surface area contributed by atoms with Gasteiger partial charge in [0, 0.05) is 13.0 Å². The van der Waals surface area contributed by atoms with E-state index >= 15 is 0 Å². The first kappa shape index (κ1) is 13.7. The van der Waals surface area contributed by atoms with Crippen LogP contribution in [0.4, 0.5) is 0 Å². The molecule has 0 heterocycles. The third-order valence-corrected chi connectivity index (χ3v) is 2.88. The summed E-state index contributed by atoms with van der Waals surface area (Å²) in [6.45, 7) is 6.68. The number of benzene rings is 1. The third-order valence-electron chi connectivity index (χ3n) is 2.88. The first-order valence-corrected chi connectivity index (χ1v) is 6.11. The molecule has 0 aliphatic carbocycles. The molecule has 17 heavy (non-hydrogen) atoms. The van der Waals surface area contributed by atoms with E-state index in [4.69, 9.17) is 5.73 Å². The molecule has 0 spiro atoms. The van der Waals surface area contributed by atoms with Crippen LogP contribution in [-0.4, -0.2) is 12.5 Å². The van der Waals surface area contributed by atoms with Crippen LogP contribution in [0, 0.1) is 12.8 Å². The van der Waals surface area contributed by atoms with Crippen LogP contribution in [0.2, 0.25) is 0 Å². The van der Waals surface area contributed by atoms with Gasteiger partial charge in [-0.1, -0.05) is 38.1 Å². The van der Waals surface area contributed by atoms with E-state index in [1.54, 1.807) is 0 Å². The molecular formula is C14H22N2O. The number of hydrogen-bond acceptors (Lipinski definition) is 2. The summed E-state index contributed by atoms with van der Waals surface area (Å²) < 4.78 is 0. The molecule has 0 bridgehead atoms. The first-order chi connectivity index (χ1) is 8.06. The van der Waals surface area contributed by atoms with Crippen molar-refractivity contribution in [3.63, 3.8) is 0 Å². The lowest BCUT2D eigenvalue weighted by atomic mass is 9.92. The maximum absolute atomic E-state index is 11.7. The number of hydrogen-bond donors (Lipinski definition) is 2. The van der Waals surface area contributed by atoms with Crippen molar-refractivity contribution in [1.82, 2.24) is 5.32 Å². The first-order valence-electron chi connectivity index (χ1n) is 6.11. The predicted octanol–water partition coefficient (Wildman–Crippen LogP) is 2.16. The van der Waals surface area contributed by atoms with Crippen molar-refractivity contribution >= 4 is 5.91 Å². The van der Waals surface area contributed by atoms with Crippen LogP contribution in [0.5, 0.6) is 0 Å². The Kier molecular flexibility index (Phi) is 5.16. The minimum Gasteiger partial charge on any atom is -0.349 e. The van der Waals surface area contributed by atoms with Gasteiger partial charge in [0.1, 0.15) is 0 Å². The van der Waals surface area contributed by atoms with E-state index in [-0.39, 0.29) is 11.9 Å². The summed E-state index contributed by atoms with van der Waals surface area (Å²) in [5.74, 6) is 0.382. The molecule has 0 fully saturated rings. The highest BCUT2D eigenvalue weighted by atomic mass is 16.1. The molecule has 0 saturated carbocycles. The fourth-order valence-corrected chi connectivity index (χ4v) is 1.92. The van der Waals surface area contributed by atoms with Crippen LogP contribution < -0.4 is 11.1 Å². The predicted molar refractivity (Wildman–Crippen MR) is 70.6 cm³/mol. The molecule has 0 aliphatic heterocycles. The van der Waals surface area contributed by atoms with Crippen molar-refractivity contribution in [3.05, 3.63) is 35.4 Å². The van der Waals surface area contributed by atoms with E-state index in [0.717, 1.165) is 0 Å². The van der Waals surface area contributed by atoms with Crippen molar-refractivity contribution in [3.8, 4) is 0 Å². The topological polar surface area (TPSA) is 55.1 Å². The summed E-state index contributed by atoms with van der Waals surface area (Å²) in [5, 5.41) is 3.06. The van der Waals surface area contributed by atoms with Gasteiger partial charge in [0.15, 0.2) is 0 Å². The molecule has 1 aromatic carbocycles. The number of carbonyl (C=O) groups excluding carboxylic acids is 1. The Bertz CT molecular complexity index is 374.